The van der Waals surface area contributed by atoms with Crippen molar-refractivity contribution >= 4 is 11.9 Å². The minimum Gasteiger partial charge on any atom is -0.497 e. The Hall–Kier alpha value is -2.89. The van der Waals surface area contributed by atoms with Crippen LogP contribution in [0.25, 0.3) is 11.1 Å². The third-order valence-corrected chi connectivity index (χ3v) is 3.73. The van der Waals surface area contributed by atoms with Crippen molar-refractivity contribution in [2.45, 2.75) is 26.3 Å². The molecule has 0 bridgehead atoms. The first-order valence-corrected chi connectivity index (χ1v) is 8.04. The molecule has 2 N–H and O–H groups in total. The minimum absolute atomic E-state index is 0.158. The summed E-state index contributed by atoms with van der Waals surface area (Å²) in [6.45, 7) is 3.82. The molecule has 1 atom stereocenters. The Labute approximate surface area is 146 Å². The lowest BCUT2D eigenvalue weighted by Crippen LogP contribution is -2.41. The quantitative estimate of drug-likeness (QED) is 0.807. The third-order valence-electron chi connectivity index (χ3n) is 3.73. The molecular formula is C19H22N2O4. The van der Waals surface area contributed by atoms with Crippen molar-refractivity contribution < 1.29 is 19.4 Å². The first kappa shape index (κ1) is 18.4. The number of ether oxygens (including phenoxy) is 1. The minimum atomic E-state index is -1.04. The van der Waals surface area contributed by atoms with E-state index >= 15 is 0 Å². The van der Waals surface area contributed by atoms with Gasteiger partial charge in [-0.1, -0.05) is 26.0 Å². The number of hydrogen-bond acceptors (Lipinski definition) is 4. The Bertz CT molecular complexity index is 741. The van der Waals surface area contributed by atoms with Crippen molar-refractivity contribution in [2.75, 3.05) is 7.11 Å². The molecule has 0 spiro atoms. The topological polar surface area (TPSA) is 88.5 Å². The summed E-state index contributed by atoms with van der Waals surface area (Å²) in [6, 6.07) is 8.17. The van der Waals surface area contributed by atoms with E-state index in [1.807, 2.05) is 38.1 Å². The van der Waals surface area contributed by atoms with Crippen LogP contribution in [0.3, 0.4) is 0 Å². The van der Waals surface area contributed by atoms with Gasteiger partial charge in [0.15, 0.2) is 0 Å². The molecule has 0 radical (unpaired) electrons. The van der Waals surface area contributed by atoms with Gasteiger partial charge in [0.1, 0.15) is 11.8 Å². The highest BCUT2D eigenvalue weighted by atomic mass is 16.5. The molecule has 0 aliphatic carbocycles. The predicted molar refractivity (Wildman–Crippen MR) is 94.6 cm³/mol. The molecular weight excluding hydrogens is 320 g/mol. The highest BCUT2D eigenvalue weighted by molar-refractivity contribution is 5.97. The Balaban J connectivity index is 2.19. The first-order valence-electron chi connectivity index (χ1n) is 8.04. The lowest BCUT2D eigenvalue weighted by atomic mass is 10.0. The van der Waals surface area contributed by atoms with Crippen LogP contribution in [-0.2, 0) is 4.79 Å². The van der Waals surface area contributed by atoms with Gasteiger partial charge < -0.3 is 15.2 Å². The maximum Gasteiger partial charge on any atom is 0.326 e. The first-order chi connectivity index (χ1) is 11.9. The second-order valence-corrected chi connectivity index (χ2v) is 6.18. The number of rotatable bonds is 7. The molecule has 2 aromatic rings. The van der Waals surface area contributed by atoms with E-state index in [4.69, 9.17) is 4.74 Å². The lowest BCUT2D eigenvalue weighted by Gasteiger charge is -2.16. The number of carbonyl (C=O) groups is 2. The van der Waals surface area contributed by atoms with E-state index in [9.17, 15) is 14.7 Å². The van der Waals surface area contributed by atoms with Crippen LogP contribution >= 0.6 is 0 Å². The molecule has 1 unspecified atom stereocenters. The molecule has 1 aromatic carbocycles. The van der Waals surface area contributed by atoms with Gasteiger partial charge >= 0.3 is 5.97 Å². The van der Waals surface area contributed by atoms with E-state index in [2.05, 4.69) is 10.3 Å². The van der Waals surface area contributed by atoms with Crippen LogP contribution in [0.4, 0.5) is 0 Å². The smallest absolute Gasteiger partial charge is 0.326 e. The Morgan fingerprint density at radius 1 is 1.16 bits per heavy atom. The highest BCUT2D eigenvalue weighted by Crippen LogP contribution is 2.22. The molecule has 0 aliphatic heterocycles. The second-order valence-electron chi connectivity index (χ2n) is 6.18. The van der Waals surface area contributed by atoms with Crippen LogP contribution in [0.2, 0.25) is 0 Å². The van der Waals surface area contributed by atoms with Crippen molar-refractivity contribution in [3.8, 4) is 16.9 Å². The van der Waals surface area contributed by atoms with Crippen LogP contribution in [0.15, 0.2) is 42.7 Å². The molecule has 25 heavy (non-hydrogen) atoms. The molecule has 6 nitrogen and oxygen atoms in total. The average Bonchev–Trinajstić information content (AvgIpc) is 2.60. The zero-order valence-electron chi connectivity index (χ0n) is 14.5. The van der Waals surface area contributed by atoms with E-state index in [1.165, 1.54) is 6.20 Å². The van der Waals surface area contributed by atoms with Gasteiger partial charge in [0.05, 0.1) is 12.7 Å². The standard InChI is InChI=1S/C19H22N2O4/c1-12(2)8-17(19(23)24)21-18(22)15-9-14(10-20-11-15)13-4-6-16(25-3)7-5-13/h4-7,9-12,17H,8H2,1-3H3,(H,21,22)(H,23,24). The number of carboxylic acid groups (broad SMARTS) is 1. The second kappa shape index (κ2) is 8.28. The number of amides is 1. The van der Waals surface area contributed by atoms with Crippen molar-refractivity contribution in [1.82, 2.24) is 10.3 Å². The number of carbonyl (C=O) groups excluding carboxylic acids is 1. The zero-order valence-corrected chi connectivity index (χ0v) is 14.5. The largest absolute Gasteiger partial charge is 0.497 e. The number of aromatic nitrogens is 1. The number of hydrogen-bond donors (Lipinski definition) is 2. The highest BCUT2D eigenvalue weighted by Gasteiger charge is 2.22. The third kappa shape index (κ3) is 5.04. The summed E-state index contributed by atoms with van der Waals surface area (Å²) in [7, 11) is 1.59. The predicted octanol–water partition coefficient (Wildman–Crippen LogP) is 2.99. The van der Waals surface area contributed by atoms with Crippen LogP contribution in [0, 0.1) is 5.92 Å². The van der Waals surface area contributed by atoms with Crippen molar-refractivity contribution in [3.05, 3.63) is 48.3 Å². The molecule has 6 heteroatoms. The van der Waals surface area contributed by atoms with Gasteiger partial charge in [-0.15, -0.1) is 0 Å². The van der Waals surface area contributed by atoms with Crippen molar-refractivity contribution in [1.29, 1.82) is 0 Å². The van der Waals surface area contributed by atoms with E-state index in [1.54, 1.807) is 19.4 Å². The van der Waals surface area contributed by atoms with Crippen LogP contribution in [0.1, 0.15) is 30.6 Å². The summed E-state index contributed by atoms with van der Waals surface area (Å²) in [5.41, 5.74) is 1.98. The Morgan fingerprint density at radius 3 is 2.40 bits per heavy atom. The summed E-state index contributed by atoms with van der Waals surface area (Å²) < 4.78 is 5.13. The number of carboxylic acids is 1. The van der Waals surface area contributed by atoms with Crippen LogP contribution in [-0.4, -0.2) is 35.1 Å². The number of aliphatic carboxylic acids is 1. The van der Waals surface area contributed by atoms with E-state index in [-0.39, 0.29) is 5.92 Å². The summed E-state index contributed by atoms with van der Waals surface area (Å²) in [4.78, 5) is 27.8. The summed E-state index contributed by atoms with van der Waals surface area (Å²) in [6.07, 6.45) is 3.45. The van der Waals surface area contributed by atoms with Gasteiger partial charge in [-0.3, -0.25) is 9.78 Å². The fraction of sp³-hybridized carbons (Fsp3) is 0.316. The number of nitrogens with zero attached hydrogens (tertiary/aromatic N) is 1. The molecule has 1 amide bonds. The number of nitrogens with one attached hydrogen (secondary N) is 1. The Kier molecular flexibility index (Phi) is 6.11. The van der Waals surface area contributed by atoms with Gasteiger partial charge in [0, 0.05) is 18.0 Å². The van der Waals surface area contributed by atoms with Crippen LogP contribution < -0.4 is 10.1 Å². The molecule has 0 aliphatic rings. The summed E-state index contributed by atoms with van der Waals surface area (Å²) in [5.74, 6) is -0.592. The van der Waals surface area contributed by atoms with E-state index in [0.29, 0.717) is 12.0 Å². The van der Waals surface area contributed by atoms with Gasteiger partial charge in [-0.2, -0.15) is 0 Å². The molecule has 0 saturated carbocycles. The van der Waals surface area contributed by atoms with Crippen molar-refractivity contribution in [2.24, 2.45) is 5.92 Å². The maximum absolute atomic E-state index is 12.4. The van der Waals surface area contributed by atoms with Gasteiger partial charge in [0.25, 0.3) is 5.91 Å². The fourth-order valence-electron chi connectivity index (χ4n) is 2.44. The number of benzene rings is 1. The number of methoxy groups -OCH3 is 1. The molecule has 132 valence electrons. The number of pyridine rings is 1. The molecule has 0 saturated heterocycles. The molecule has 2 rings (SSSR count). The molecule has 1 aromatic heterocycles. The summed E-state index contributed by atoms with van der Waals surface area (Å²) >= 11 is 0. The zero-order chi connectivity index (χ0) is 18.4. The van der Waals surface area contributed by atoms with Crippen LogP contribution in [0.5, 0.6) is 5.75 Å². The fourth-order valence-corrected chi connectivity index (χ4v) is 2.44. The monoisotopic (exact) mass is 342 g/mol. The normalized spacial score (nSPS) is 11.8. The van der Waals surface area contributed by atoms with Gasteiger partial charge in [-0.25, -0.2) is 4.79 Å². The molecule has 1 heterocycles. The van der Waals surface area contributed by atoms with Crippen molar-refractivity contribution in [3.63, 3.8) is 0 Å². The van der Waals surface area contributed by atoms with E-state index in [0.717, 1.165) is 16.9 Å². The summed E-state index contributed by atoms with van der Waals surface area (Å²) in [5, 5.41) is 11.8. The van der Waals surface area contributed by atoms with Gasteiger partial charge in [0.2, 0.25) is 0 Å². The lowest BCUT2D eigenvalue weighted by molar-refractivity contribution is -0.139. The SMILES string of the molecule is COc1ccc(-c2cncc(C(=O)NC(CC(C)C)C(=O)O)c2)cc1. The van der Waals surface area contributed by atoms with E-state index < -0.39 is 17.9 Å². The van der Waals surface area contributed by atoms with Gasteiger partial charge in [-0.05, 0) is 36.1 Å². The Morgan fingerprint density at radius 2 is 1.84 bits per heavy atom. The maximum atomic E-state index is 12.4. The average molecular weight is 342 g/mol. The molecule has 0 fully saturated rings.